The van der Waals surface area contributed by atoms with Gasteiger partial charge in [-0.1, -0.05) is 12.1 Å². The summed E-state index contributed by atoms with van der Waals surface area (Å²) >= 11 is 0. The van der Waals surface area contributed by atoms with Crippen LogP contribution in [-0.4, -0.2) is 60.8 Å². The molecule has 0 atom stereocenters. The highest BCUT2D eigenvalue weighted by molar-refractivity contribution is 7.92. The molecule has 234 valence electrons. The molecule has 3 aromatic rings. The van der Waals surface area contributed by atoms with Crippen molar-refractivity contribution in [2.24, 2.45) is 0 Å². The van der Waals surface area contributed by atoms with Gasteiger partial charge in [-0.25, -0.2) is 8.42 Å². The number of rotatable bonds is 11. The number of fused-ring (bicyclic) bond motifs is 1. The first kappa shape index (κ1) is 31.4. The Morgan fingerprint density at radius 2 is 1.77 bits per heavy atom. The number of carbonyl (C=O) groups is 1. The van der Waals surface area contributed by atoms with E-state index in [2.05, 4.69) is 4.72 Å². The summed E-state index contributed by atoms with van der Waals surface area (Å²) in [6.45, 7) is 1.20. The van der Waals surface area contributed by atoms with E-state index in [1.807, 2.05) is 0 Å². The highest BCUT2D eigenvalue weighted by Gasteiger charge is 2.32. The molecule has 0 fully saturated rings. The van der Waals surface area contributed by atoms with Gasteiger partial charge in [-0.05, 0) is 76.7 Å². The van der Waals surface area contributed by atoms with Crippen molar-refractivity contribution >= 4 is 32.9 Å². The normalized spacial score (nSPS) is 15.1. The topological polar surface area (TPSA) is 103 Å². The number of ether oxygens (including phenoxy) is 4. The van der Waals surface area contributed by atoms with Crippen LogP contribution in [-0.2, 0) is 36.8 Å². The van der Waals surface area contributed by atoms with E-state index in [0.29, 0.717) is 65.1 Å². The standard InChI is InChI=1S/C31H31F3N2O7S/c1-40-11-12-42-19-43-29-6-4-26(17-28(29)35-44(2,38)39)36-9-7-21-13-20(3-5-27(21)30(36)37)23-14-24(22-8-10-41-18-22)16-25(15-23)31(32,33)34/h3-6,13-18,35H,7-12,19H2,1-2H3. The molecule has 44 heavy (non-hydrogen) atoms. The highest BCUT2D eigenvalue weighted by Crippen LogP contribution is 2.38. The Kier molecular flexibility index (Phi) is 9.18. The predicted octanol–water partition coefficient (Wildman–Crippen LogP) is 5.71. The van der Waals surface area contributed by atoms with E-state index in [1.54, 1.807) is 36.4 Å². The number of benzene rings is 3. The summed E-state index contributed by atoms with van der Waals surface area (Å²) in [6.07, 6.45) is -1.08. The third kappa shape index (κ3) is 7.34. The first-order valence-corrected chi connectivity index (χ1v) is 15.6. The van der Waals surface area contributed by atoms with Crippen LogP contribution in [0, 0.1) is 0 Å². The van der Waals surface area contributed by atoms with Gasteiger partial charge in [0.25, 0.3) is 5.91 Å². The number of sulfonamides is 1. The van der Waals surface area contributed by atoms with Crippen LogP contribution >= 0.6 is 0 Å². The van der Waals surface area contributed by atoms with Crippen LogP contribution in [0.1, 0.15) is 33.5 Å². The third-order valence-electron chi connectivity index (χ3n) is 7.16. The minimum Gasteiger partial charge on any atom is -0.501 e. The molecule has 0 radical (unpaired) electrons. The van der Waals surface area contributed by atoms with E-state index in [1.165, 1.54) is 24.3 Å². The predicted molar refractivity (Wildman–Crippen MR) is 159 cm³/mol. The Morgan fingerprint density at radius 1 is 0.977 bits per heavy atom. The van der Waals surface area contributed by atoms with Crippen molar-refractivity contribution in [1.82, 2.24) is 0 Å². The average Bonchev–Trinajstić information content (AvgIpc) is 3.52. The number of anilines is 2. The Balaban J connectivity index is 1.41. The maximum absolute atomic E-state index is 13.8. The minimum absolute atomic E-state index is 0.136. The lowest BCUT2D eigenvalue weighted by Crippen LogP contribution is -2.37. The Bertz CT molecular complexity index is 1690. The van der Waals surface area contributed by atoms with E-state index in [0.717, 1.165) is 18.4 Å². The lowest BCUT2D eigenvalue weighted by molar-refractivity contribution is -0.137. The molecule has 0 bridgehead atoms. The number of carbonyl (C=O) groups excluding carboxylic acids is 1. The molecule has 1 amide bonds. The Hall–Kier alpha value is -4.07. The second-order valence-corrected chi connectivity index (χ2v) is 12.1. The summed E-state index contributed by atoms with van der Waals surface area (Å²) in [5.74, 6) is -0.107. The van der Waals surface area contributed by atoms with Crippen molar-refractivity contribution in [3.8, 4) is 16.9 Å². The number of amides is 1. The van der Waals surface area contributed by atoms with Crippen molar-refractivity contribution in [2.45, 2.75) is 19.0 Å². The van der Waals surface area contributed by atoms with Gasteiger partial charge in [-0.3, -0.25) is 9.52 Å². The van der Waals surface area contributed by atoms with Crippen LogP contribution in [0.15, 0.2) is 60.9 Å². The average molecular weight is 633 g/mol. The van der Waals surface area contributed by atoms with Gasteiger partial charge in [-0.2, -0.15) is 13.2 Å². The number of alkyl halides is 3. The fourth-order valence-electron chi connectivity index (χ4n) is 5.05. The van der Waals surface area contributed by atoms with Gasteiger partial charge in [-0.15, -0.1) is 0 Å². The van der Waals surface area contributed by atoms with Crippen molar-refractivity contribution in [1.29, 1.82) is 0 Å². The molecule has 2 heterocycles. The third-order valence-corrected chi connectivity index (χ3v) is 7.76. The zero-order valence-corrected chi connectivity index (χ0v) is 24.9. The van der Waals surface area contributed by atoms with Gasteiger partial charge in [0.2, 0.25) is 10.0 Å². The summed E-state index contributed by atoms with van der Waals surface area (Å²) in [5.41, 5.74) is 3.02. The van der Waals surface area contributed by atoms with Gasteiger partial charge in [0.05, 0.1) is 43.6 Å². The first-order chi connectivity index (χ1) is 20.9. The molecule has 13 heteroatoms. The van der Waals surface area contributed by atoms with E-state index >= 15 is 0 Å². The quantitative estimate of drug-likeness (QED) is 0.214. The van der Waals surface area contributed by atoms with Gasteiger partial charge in [0.1, 0.15) is 5.75 Å². The molecular formula is C31H31F3N2O7S. The molecule has 0 unspecified atom stereocenters. The molecule has 9 nitrogen and oxygen atoms in total. The zero-order chi connectivity index (χ0) is 31.5. The van der Waals surface area contributed by atoms with Crippen LogP contribution in [0.2, 0.25) is 0 Å². The van der Waals surface area contributed by atoms with Crippen molar-refractivity contribution < 1.29 is 45.3 Å². The smallest absolute Gasteiger partial charge is 0.416 e. The number of hydrogen-bond donors (Lipinski definition) is 1. The maximum Gasteiger partial charge on any atom is 0.416 e. The second-order valence-electron chi connectivity index (χ2n) is 10.4. The van der Waals surface area contributed by atoms with Crippen LogP contribution in [0.3, 0.4) is 0 Å². The van der Waals surface area contributed by atoms with Crippen LogP contribution in [0.25, 0.3) is 16.7 Å². The Labute approximate surface area is 253 Å². The van der Waals surface area contributed by atoms with Crippen molar-refractivity contribution in [2.75, 3.05) is 56.1 Å². The van der Waals surface area contributed by atoms with Crippen molar-refractivity contribution in [3.05, 3.63) is 83.1 Å². The van der Waals surface area contributed by atoms with E-state index in [4.69, 9.17) is 18.9 Å². The zero-order valence-electron chi connectivity index (χ0n) is 24.1. The lowest BCUT2D eigenvalue weighted by Gasteiger charge is -2.29. The van der Waals surface area contributed by atoms with Crippen LogP contribution in [0.4, 0.5) is 24.5 Å². The van der Waals surface area contributed by atoms with E-state index in [9.17, 15) is 26.4 Å². The molecule has 0 spiro atoms. The number of nitrogens with zero attached hydrogens (tertiary/aromatic N) is 1. The second kappa shape index (κ2) is 12.9. The van der Waals surface area contributed by atoms with E-state index in [-0.39, 0.29) is 37.3 Å². The summed E-state index contributed by atoms with van der Waals surface area (Å²) < 4.78 is 88.9. The number of nitrogens with one attached hydrogen (secondary N) is 1. The molecule has 3 aromatic carbocycles. The summed E-state index contributed by atoms with van der Waals surface area (Å²) in [4.78, 5) is 15.1. The minimum atomic E-state index is -4.53. The van der Waals surface area contributed by atoms with Gasteiger partial charge < -0.3 is 23.8 Å². The molecule has 0 aromatic heterocycles. The fraction of sp³-hybridized carbons (Fsp3) is 0.323. The molecule has 1 N–H and O–H groups in total. The Morgan fingerprint density at radius 3 is 2.48 bits per heavy atom. The monoisotopic (exact) mass is 632 g/mol. The van der Waals surface area contributed by atoms with E-state index < -0.39 is 21.8 Å². The van der Waals surface area contributed by atoms with Crippen LogP contribution < -0.4 is 14.4 Å². The molecule has 0 saturated carbocycles. The van der Waals surface area contributed by atoms with Gasteiger partial charge >= 0.3 is 6.18 Å². The largest absolute Gasteiger partial charge is 0.501 e. The maximum atomic E-state index is 13.8. The highest BCUT2D eigenvalue weighted by atomic mass is 32.2. The molecule has 2 aliphatic rings. The number of halogens is 3. The number of hydrogen-bond acceptors (Lipinski definition) is 7. The lowest BCUT2D eigenvalue weighted by atomic mass is 9.91. The SMILES string of the molecule is COCCOCOc1ccc(N2CCc3cc(-c4cc(C5=COCC5)cc(C(F)(F)F)c4)ccc3C2=O)cc1NS(C)(=O)=O. The van der Waals surface area contributed by atoms with Crippen molar-refractivity contribution in [3.63, 3.8) is 0 Å². The fourth-order valence-corrected chi connectivity index (χ4v) is 5.61. The molecule has 5 rings (SSSR count). The number of methoxy groups -OCH3 is 1. The van der Waals surface area contributed by atoms with Gasteiger partial charge in [0, 0.05) is 31.3 Å². The summed E-state index contributed by atoms with van der Waals surface area (Å²) in [7, 11) is -2.14. The molecule has 2 aliphatic heterocycles. The van der Waals surface area contributed by atoms with Gasteiger partial charge in [0.15, 0.2) is 6.79 Å². The molecular weight excluding hydrogens is 601 g/mol. The first-order valence-electron chi connectivity index (χ1n) is 13.7. The summed E-state index contributed by atoms with van der Waals surface area (Å²) in [5, 5.41) is 0. The summed E-state index contributed by atoms with van der Waals surface area (Å²) in [6, 6.07) is 13.6. The molecule has 0 saturated heterocycles. The molecule has 0 aliphatic carbocycles. The van der Waals surface area contributed by atoms with Crippen LogP contribution in [0.5, 0.6) is 5.75 Å².